The number of pyridine rings is 1. The number of ether oxygens (including phenoxy) is 2. The summed E-state index contributed by atoms with van der Waals surface area (Å²) < 4.78 is 13.6. The molecule has 0 N–H and O–H groups in total. The Morgan fingerprint density at radius 2 is 1.86 bits per heavy atom. The van der Waals surface area contributed by atoms with Crippen LogP contribution in [0.2, 0.25) is 10.0 Å². The van der Waals surface area contributed by atoms with Gasteiger partial charge in [-0.25, -0.2) is 0 Å². The van der Waals surface area contributed by atoms with Crippen LogP contribution in [0.15, 0.2) is 54.7 Å². The van der Waals surface area contributed by atoms with Crippen LogP contribution in [0.1, 0.15) is 11.3 Å². The topological polar surface area (TPSA) is 49.2 Å². The maximum Gasteiger partial charge on any atom is 0.232 e. The molecule has 5 nitrogen and oxygen atoms in total. The van der Waals surface area contributed by atoms with Crippen molar-refractivity contribution in [2.24, 2.45) is 0 Å². The average Bonchev–Trinajstić information content (AvgIpc) is 3.09. The first kappa shape index (κ1) is 17.5. The highest BCUT2D eigenvalue weighted by atomic mass is 35.5. The molecule has 0 amide bonds. The lowest BCUT2D eigenvalue weighted by molar-refractivity contribution is 0.110. The van der Waals surface area contributed by atoms with Crippen LogP contribution >= 0.6 is 23.2 Å². The molecule has 0 saturated heterocycles. The predicted octanol–water partition coefficient (Wildman–Crippen LogP) is 5.59. The molecule has 140 valence electrons. The molecule has 0 saturated carbocycles. The number of hydrogen-bond donors (Lipinski definition) is 0. The van der Waals surface area contributed by atoms with Crippen molar-refractivity contribution >= 4 is 34.1 Å². The van der Waals surface area contributed by atoms with E-state index >= 15 is 0 Å². The summed E-state index contributed by atoms with van der Waals surface area (Å²) >= 11 is 12.4. The van der Waals surface area contributed by atoms with Gasteiger partial charge >= 0.3 is 0 Å². The lowest BCUT2D eigenvalue weighted by Crippen LogP contribution is -2.12. The van der Waals surface area contributed by atoms with Gasteiger partial charge in [-0.05, 0) is 36.4 Å². The number of halogens is 2. The summed E-state index contributed by atoms with van der Waals surface area (Å²) in [6, 6.07) is 14.8. The third kappa shape index (κ3) is 3.02. The van der Waals surface area contributed by atoms with Crippen molar-refractivity contribution in [2.45, 2.75) is 13.0 Å². The Bertz CT molecular complexity index is 1170. The second-order valence-electron chi connectivity index (χ2n) is 6.47. The molecule has 0 radical (unpaired) electrons. The molecule has 0 spiro atoms. The molecule has 2 aromatic carbocycles. The van der Waals surface area contributed by atoms with Crippen LogP contribution in [-0.2, 0) is 17.8 Å². The molecule has 1 aliphatic heterocycles. The molecule has 7 heteroatoms. The van der Waals surface area contributed by atoms with Crippen molar-refractivity contribution in [1.82, 2.24) is 14.8 Å². The van der Waals surface area contributed by atoms with Gasteiger partial charge in [0.1, 0.15) is 11.3 Å². The SMILES string of the molecule is Clc1ccc(-n2nc3c4c(ncc3c2Oc2ccccc2Cl)CCOC4)cc1. The summed E-state index contributed by atoms with van der Waals surface area (Å²) in [7, 11) is 0. The Hall–Kier alpha value is -2.60. The Morgan fingerprint density at radius 1 is 1.04 bits per heavy atom. The number of aromatic nitrogens is 3. The second-order valence-corrected chi connectivity index (χ2v) is 7.32. The molecule has 28 heavy (non-hydrogen) atoms. The fourth-order valence-electron chi connectivity index (χ4n) is 3.31. The Kier molecular flexibility index (Phi) is 4.43. The fraction of sp³-hybridized carbons (Fsp3) is 0.143. The van der Waals surface area contributed by atoms with E-state index in [-0.39, 0.29) is 0 Å². The number of hydrogen-bond acceptors (Lipinski definition) is 4. The maximum atomic E-state index is 6.32. The lowest BCUT2D eigenvalue weighted by atomic mass is 10.1. The van der Waals surface area contributed by atoms with E-state index in [2.05, 4.69) is 4.98 Å². The van der Waals surface area contributed by atoms with Crippen LogP contribution in [-0.4, -0.2) is 21.4 Å². The molecule has 0 unspecified atom stereocenters. The molecule has 0 fully saturated rings. The second kappa shape index (κ2) is 7.09. The third-order valence-electron chi connectivity index (χ3n) is 4.71. The van der Waals surface area contributed by atoms with Gasteiger partial charge in [-0.2, -0.15) is 9.78 Å². The van der Waals surface area contributed by atoms with Crippen molar-refractivity contribution in [3.05, 3.63) is 76.0 Å². The first-order valence-electron chi connectivity index (χ1n) is 8.86. The molecular weight excluding hydrogens is 397 g/mol. The monoisotopic (exact) mass is 411 g/mol. The Labute approximate surface area is 171 Å². The number of para-hydroxylation sites is 1. The quantitative estimate of drug-likeness (QED) is 0.440. The van der Waals surface area contributed by atoms with E-state index in [4.69, 9.17) is 37.8 Å². The molecule has 3 heterocycles. The van der Waals surface area contributed by atoms with E-state index in [1.807, 2.05) is 48.7 Å². The maximum absolute atomic E-state index is 6.32. The van der Waals surface area contributed by atoms with Gasteiger partial charge in [-0.3, -0.25) is 4.98 Å². The Balaban J connectivity index is 1.74. The third-order valence-corrected chi connectivity index (χ3v) is 5.27. The van der Waals surface area contributed by atoms with Crippen LogP contribution in [0.4, 0.5) is 0 Å². The van der Waals surface area contributed by atoms with E-state index < -0.39 is 0 Å². The van der Waals surface area contributed by atoms with E-state index in [1.54, 1.807) is 10.7 Å². The van der Waals surface area contributed by atoms with Crippen LogP contribution in [0.25, 0.3) is 16.6 Å². The van der Waals surface area contributed by atoms with Gasteiger partial charge in [0.05, 0.1) is 35.0 Å². The van der Waals surface area contributed by atoms with Gasteiger partial charge in [0.15, 0.2) is 0 Å². The van der Waals surface area contributed by atoms with Crippen molar-refractivity contribution < 1.29 is 9.47 Å². The zero-order valence-electron chi connectivity index (χ0n) is 14.7. The summed E-state index contributed by atoms with van der Waals surface area (Å²) in [6.45, 7) is 1.16. The highest BCUT2D eigenvalue weighted by Gasteiger charge is 2.23. The molecule has 2 aromatic heterocycles. The smallest absolute Gasteiger partial charge is 0.232 e. The number of fused-ring (bicyclic) bond motifs is 3. The minimum atomic E-state index is 0.489. The molecule has 5 rings (SSSR count). The van der Waals surface area contributed by atoms with Gasteiger partial charge < -0.3 is 9.47 Å². The van der Waals surface area contributed by atoms with Crippen LogP contribution in [0.3, 0.4) is 0 Å². The van der Waals surface area contributed by atoms with E-state index in [0.717, 1.165) is 34.3 Å². The number of benzene rings is 2. The van der Waals surface area contributed by atoms with Gasteiger partial charge in [-0.15, -0.1) is 0 Å². The minimum Gasteiger partial charge on any atom is -0.437 e. The van der Waals surface area contributed by atoms with Gasteiger partial charge in [0.25, 0.3) is 0 Å². The van der Waals surface area contributed by atoms with Gasteiger partial charge in [-0.1, -0.05) is 35.3 Å². The largest absolute Gasteiger partial charge is 0.437 e. The summed E-state index contributed by atoms with van der Waals surface area (Å²) in [4.78, 5) is 4.63. The highest BCUT2D eigenvalue weighted by Crippen LogP contribution is 2.37. The van der Waals surface area contributed by atoms with Crippen LogP contribution < -0.4 is 4.74 Å². The summed E-state index contributed by atoms with van der Waals surface area (Å²) in [5.41, 5.74) is 3.67. The molecular formula is C21H15Cl2N3O2. The van der Waals surface area contributed by atoms with E-state index in [0.29, 0.717) is 34.9 Å². The Morgan fingerprint density at radius 3 is 2.68 bits per heavy atom. The zero-order chi connectivity index (χ0) is 19.1. The number of rotatable bonds is 3. The van der Waals surface area contributed by atoms with Crippen LogP contribution in [0.5, 0.6) is 11.6 Å². The number of nitrogens with zero attached hydrogens (tertiary/aromatic N) is 3. The molecule has 0 aliphatic carbocycles. The van der Waals surface area contributed by atoms with Crippen molar-refractivity contribution in [3.8, 4) is 17.3 Å². The first-order chi connectivity index (χ1) is 13.7. The highest BCUT2D eigenvalue weighted by molar-refractivity contribution is 6.32. The van der Waals surface area contributed by atoms with Crippen LogP contribution in [0, 0.1) is 0 Å². The fourth-order valence-corrected chi connectivity index (χ4v) is 3.61. The van der Waals surface area contributed by atoms with Crippen molar-refractivity contribution in [2.75, 3.05) is 6.61 Å². The summed E-state index contributed by atoms with van der Waals surface area (Å²) in [5.74, 6) is 1.10. The summed E-state index contributed by atoms with van der Waals surface area (Å²) in [5, 5.41) is 6.82. The lowest BCUT2D eigenvalue weighted by Gasteiger charge is -2.15. The zero-order valence-corrected chi connectivity index (χ0v) is 16.2. The van der Waals surface area contributed by atoms with Gasteiger partial charge in [0, 0.05) is 23.2 Å². The predicted molar refractivity (Wildman–Crippen MR) is 109 cm³/mol. The normalized spacial score (nSPS) is 13.5. The minimum absolute atomic E-state index is 0.489. The molecule has 1 aliphatic rings. The molecule has 4 aromatic rings. The van der Waals surface area contributed by atoms with Gasteiger partial charge in [0.2, 0.25) is 5.88 Å². The van der Waals surface area contributed by atoms with E-state index in [1.165, 1.54) is 0 Å². The summed E-state index contributed by atoms with van der Waals surface area (Å²) in [6.07, 6.45) is 2.59. The average molecular weight is 412 g/mol. The molecule has 0 bridgehead atoms. The first-order valence-corrected chi connectivity index (χ1v) is 9.62. The molecule has 0 atom stereocenters. The van der Waals surface area contributed by atoms with Crippen molar-refractivity contribution in [3.63, 3.8) is 0 Å². The van der Waals surface area contributed by atoms with Crippen molar-refractivity contribution in [1.29, 1.82) is 0 Å². The standard InChI is InChI=1S/C21H15Cl2N3O2/c22-13-5-7-14(8-6-13)26-21(28-19-4-2-1-3-17(19)23)15-11-24-18-9-10-27-12-16(18)20(15)25-26/h1-8,11H,9-10,12H2. The van der Waals surface area contributed by atoms with E-state index in [9.17, 15) is 0 Å².